The van der Waals surface area contributed by atoms with Crippen molar-refractivity contribution in [3.05, 3.63) is 71.3 Å². The molecule has 0 aromatic heterocycles. The Hall–Kier alpha value is -2.55. The van der Waals surface area contributed by atoms with Crippen LogP contribution in [0.4, 0.5) is 5.69 Å². The Kier molecular flexibility index (Phi) is 3.46. The van der Waals surface area contributed by atoms with Gasteiger partial charge in [-0.15, -0.1) is 0 Å². The van der Waals surface area contributed by atoms with Gasteiger partial charge in [-0.1, -0.05) is 60.9 Å². The minimum atomic E-state index is -0.174. The standard InChI is InChI=1S/C23H24N2O/c1-17-8-10-18(11-9-17)20-16-23(13-4-5-14-23)25-22(26)12-15-24(25)21-7-3-2-6-19(20)21/h2-3,6-11,16H,4-5,12-15H2,1H3. The predicted octanol–water partition coefficient (Wildman–Crippen LogP) is 4.71. The molecule has 1 saturated carbocycles. The van der Waals surface area contributed by atoms with Crippen molar-refractivity contribution in [2.75, 3.05) is 11.6 Å². The van der Waals surface area contributed by atoms with Crippen LogP contribution in [0.2, 0.25) is 0 Å². The second-order valence-electron chi connectivity index (χ2n) is 7.83. The number of carbonyl (C=O) groups is 1. The van der Waals surface area contributed by atoms with Crippen molar-refractivity contribution in [1.82, 2.24) is 5.01 Å². The summed E-state index contributed by atoms with van der Waals surface area (Å²) in [5, 5.41) is 4.35. The number of hydrogen-bond acceptors (Lipinski definition) is 2. The summed E-state index contributed by atoms with van der Waals surface area (Å²) in [5.41, 5.74) is 6.00. The number of hydrogen-bond donors (Lipinski definition) is 0. The predicted molar refractivity (Wildman–Crippen MR) is 105 cm³/mol. The molecular weight excluding hydrogens is 320 g/mol. The van der Waals surface area contributed by atoms with E-state index >= 15 is 0 Å². The third-order valence-corrected chi connectivity index (χ3v) is 6.15. The van der Waals surface area contributed by atoms with Crippen LogP contribution < -0.4 is 5.01 Å². The first-order valence-electron chi connectivity index (χ1n) is 9.68. The monoisotopic (exact) mass is 344 g/mol. The van der Waals surface area contributed by atoms with E-state index in [0.717, 1.165) is 25.1 Å². The number of rotatable bonds is 1. The van der Waals surface area contributed by atoms with Crippen molar-refractivity contribution < 1.29 is 4.79 Å². The molecule has 1 aliphatic carbocycles. The third-order valence-electron chi connectivity index (χ3n) is 6.15. The van der Waals surface area contributed by atoms with Crippen LogP contribution >= 0.6 is 0 Å². The second kappa shape index (κ2) is 5.73. The molecule has 0 unspecified atom stereocenters. The molecule has 2 aliphatic heterocycles. The first-order valence-corrected chi connectivity index (χ1v) is 9.68. The normalized spacial score (nSPS) is 20.8. The maximum atomic E-state index is 12.9. The lowest BCUT2D eigenvalue weighted by Gasteiger charge is -2.41. The summed E-state index contributed by atoms with van der Waals surface area (Å²) >= 11 is 0. The molecule has 2 fully saturated rings. The van der Waals surface area contributed by atoms with Crippen LogP contribution in [0, 0.1) is 6.92 Å². The number of nitrogens with zero attached hydrogens (tertiary/aromatic N) is 2. The van der Waals surface area contributed by atoms with Gasteiger partial charge in [0.15, 0.2) is 0 Å². The average molecular weight is 344 g/mol. The summed E-state index contributed by atoms with van der Waals surface area (Å²) in [6.07, 6.45) is 7.50. The Morgan fingerprint density at radius 1 is 0.962 bits per heavy atom. The molecule has 1 spiro atoms. The van der Waals surface area contributed by atoms with E-state index in [9.17, 15) is 4.79 Å². The van der Waals surface area contributed by atoms with Gasteiger partial charge in [-0.05, 0) is 43.0 Å². The number of anilines is 1. The fourth-order valence-electron chi connectivity index (χ4n) is 4.91. The van der Waals surface area contributed by atoms with Gasteiger partial charge in [0.25, 0.3) is 0 Å². The number of fused-ring (bicyclic) bond motifs is 4. The SMILES string of the molecule is Cc1ccc(C2=CC3(CCCC3)N3C(=O)CCN3c3ccccc32)cc1. The maximum Gasteiger partial charge on any atom is 0.243 e. The van der Waals surface area contributed by atoms with Crippen molar-refractivity contribution in [2.45, 2.75) is 44.6 Å². The summed E-state index contributed by atoms with van der Waals surface area (Å²) in [7, 11) is 0. The van der Waals surface area contributed by atoms with Crippen LogP contribution in [0.25, 0.3) is 5.57 Å². The highest BCUT2D eigenvalue weighted by atomic mass is 16.2. The lowest BCUT2D eigenvalue weighted by atomic mass is 9.88. The smallest absolute Gasteiger partial charge is 0.243 e. The Balaban J connectivity index is 1.77. The number of para-hydroxylation sites is 1. The molecule has 3 nitrogen and oxygen atoms in total. The Morgan fingerprint density at radius 2 is 1.69 bits per heavy atom. The molecule has 0 radical (unpaired) electrons. The van der Waals surface area contributed by atoms with Crippen molar-refractivity contribution >= 4 is 17.2 Å². The van der Waals surface area contributed by atoms with Crippen LogP contribution in [-0.4, -0.2) is 23.0 Å². The highest BCUT2D eigenvalue weighted by Gasteiger charge is 2.48. The van der Waals surface area contributed by atoms with E-state index < -0.39 is 0 Å². The molecule has 5 rings (SSSR count). The largest absolute Gasteiger partial charge is 0.281 e. The minimum Gasteiger partial charge on any atom is -0.281 e. The van der Waals surface area contributed by atoms with Crippen molar-refractivity contribution in [2.24, 2.45) is 0 Å². The van der Waals surface area contributed by atoms with Crippen molar-refractivity contribution in [3.8, 4) is 0 Å². The molecule has 1 saturated heterocycles. The maximum absolute atomic E-state index is 12.9. The summed E-state index contributed by atoms with van der Waals surface area (Å²) in [6.45, 7) is 2.91. The van der Waals surface area contributed by atoms with E-state index in [1.54, 1.807) is 0 Å². The Morgan fingerprint density at radius 3 is 2.46 bits per heavy atom. The third kappa shape index (κ3) is 2.23. The molecular formula is C23H24N2O. The number of benzene rings is 2. The fraction of sp³-hybridized carbons (Fsp3) is 0.348. The summed E-state index contributed by atoms with van der Waals surface area (Å²) in [6, 6.07) is 17.3. The van der Waals surface area contributed by atoms with Gasteiger partial charge in [0.1, 0.15) is 0 Å². The molecule has 2 heterocycles. The average Bonchev–Trinajstić information content (AvgIpc) is 3.25. The van der Waals surface area contributed by atoms with Crippen LogP contribution in [0.5, 0.6) is 0 Å². The van der Waals surface area contributed by atoms with Gasteiger partial charge < -0.3 is 0 Å². The molecule has 2 aromatic rings. The van der Waals surface area contributed by atoms with Gasteiger partial charge in [-0.3, -0.25) is 9.80 Å². The number of aryl methyl sites for hydroxylation is 1. The molecule has 3 aliphatic rings. The van der Waals surface area contributed by atoms with E-state index in [1.807, 2.05) is 0 Å². The molecule has 26 heavy (non-hydrogen) atoms. The van der Waals surface area contributed by atoms with Crippen LogP contribution in [0.15, 0.2) is 54.6 Å². The van der Waals surface area contributed by atoms with Crippen LogP contribution in [-0.2, 0) is 4.79 Å². The zero-order chi connectivity index (χ0) is 17.7. The number of carbonyl (C=O) groups excluding carboxylic acids is 1. The second-order valence-corrected chi connectivity index (χ2v) is 7.83. The quantitative estimate of drug-likeness (QED) is 0.748. The van der Waals surface area contributed by atoms with E-state index in [0.29, 0.717) is 6.42 Å². The van der Waals surface area contributed by atoms with Crippen LogP contribution in [0.3, 0.4) is 0 Å². The zero-order valence-electron chi connectivity index (χ0n) is 15.2. The number of amides is 1. The summed E-state index contributed by atoms with van der Waals surface area (Å²) in [5.74, 6) is 0.267. The zero-order valence-corrected chi connectivity index (χ0v) is 15.2. The molecule has 3 heteroatoms. The van der Waals surface area contributed by atoms with E-state index in [4.69, 9.17) is 0 Å². The molecule has 2 aromatic carbocycles. The first-order chi connectivity index (χ1) is 12.7. The van der Waals surface area contributed by atoms with Gasteiger partial charge in [0.05, 0.1) is 11.2 Å². The van der Waals surface area contributed by atoms with Gasteiger partial charge in [-0.25, -0.2) is 5.01 Å². The lowest BCUT2D eigenvalue weighted by Crippen LogP contribution is -2.53. The molecule has 1 amide bonds. The van der Waals surface area contributed by atoms with E-state index in [2.05, 4.69) is 71.5 Å². The Labute approximate surface area is 154 Å². The van der Waals surface area contributed by atoms with Crippen molar-refractivity contribution in [1.29, 1.82) is 0 Å². The molecule has 0 bridgehead atoms. The molecule has 132 valence electrons. The van der Waals surface area contributed by atoms with Crippen LogP contribution in [0.1, 0.15) is 48.8 Å². The van der Waals surface area contributed by atoms with Gasteiger partial charge in [-0.2, -0.15) is 0 Å². The molecule has 0 atom stereocenters. The minimum absolute atomic E-state index is 0.174. The highest BCUT2D eigenvalue weighted by molar-refractivity contribution is 5.92. The van der Waals surface area contributed by atoms with Crippen molar-refractivity contribution in [3.63, 3.8) is 0 Å². The Bertz CT molecular complexity index is 891. The molecule has 0 N–H and O–H groups in total. The fourth-order valence-corrected chi connectivity index (χ4v) is 4.91. The van der Waals surface area contributed by atoms with Gasteiger partial charge in [0.2, 0.25) is 5.91 Å². The first kappa shape index (κ1) is 15.7. The van der Waals surface area contributed by atoms with Gasteiger partial charge in [0, 0.05) is 18.5 Å². The van der Waals surface area contributed by atoms with E-state index in [1.165, 1.54) is 35.1 Å². The van der Waals surface area contributed by atoms with E-state index in [-0.39, 0.29) is 11.4 Å². The highest BCUT2D eigenvalue weighted by Crippen LogP contribution is 2.48. The number of hydrazine groups is 1. The summed E-state index contributed by atoms with van der Waals surface area (Å²) in [4.78, 5) is 12.9. The van der Waals surface area contributed by atoms with Gasteiger partial charge >= 0.3 is 0 Å². The lowest BCUT2D eigenvalue weighted by molar-refractivity contribution is -0.132. The summed E-state index contributed by atoms with van der Waals surface area (Å²) < 4.78 is 0. The topological polar surface area (TPSA) is 23.6 Å².